The molecule has 174 valence electrons. The second-order valence-corrected chi connectivity index (χ2v) is 8.97. The minimum atomic E-state index is -0.629. The lowest BCUT2D eigenvalue weighted by Gasteiger charge is -2.17. The van der Waals surface area contributed by atoms with E-state index in [1.807, 2.05) is 44.2 Å². The Hall–Kier alpha value is -3.65. The van der Waals surface area contributed by atoms with Crippen molar-refractivity contribution in [2.45, 2.75) is 45.8 Å². The van der Waals surface area contributed by atoms with Crippen LogP contribution in [0.2, 0.25) is 5.15 Å². The highest BCUT2D eigenvalue weighted by molar-refractivity contribution is 6.30. The van der Waals surface area contributed by atoms with Crippen molar-refractivity contribution < 1.29 is 4.79 Å². The predicted molar refractivity (Wildman–Crippen MR) is 132 cm³/mol. The Labute approximate surface area is 201 Å². The monoisotopic (exact) mass is 476 g/mol. The number of amides is 1. The number of halogens is 1. The fourth-order valence-electron chi connectivity index (χ4n) is 4.48. The third-order valence-corrected chi connectivity index (χ3v) is 6.82. The van der Waals surface area contributed by atoms with Crippen LogP contribution in [0.5, 0.6) is 0 Å². The van der Waals surface area contributed by atoms with Gasteiger partial charge in [0.15, 0.2) is 11.0 Å². The summed E-state index contributed by atoms with van der Waals surface area (Å²) in [6.07, 6.45) is 4.51. The lowest BCUT2D eigenvalue weighted by molar-refractivity contribution is -0.124. The molecule has 9 heteroatoms. The van der Waals surface area contributed by atoms with Crippen LogP contribution >= 0.6 is 11.6 Å². The number of aromatic nitrogens is 4. The van der Waals surface area contributed by atoms with Gasteiger partial charge < -0.3 is 15.6 Å². The Bertz CT molecular complexity index is 1420. The molecule has 5 rings (SSSR count). The number of carbonyl (C=O) groups excluding carboxylic acids is 1. The Kier molecular flexibility index (Phi) is 5.83. The van der Waals surface area contributed by atoms with E-state index >= 15 is 0 Å². The number of rotatable bonds is 6. The summed E-state index contributed by atoms with van der Waals surface area (Å²) in [5.74, 6) is -0.0714. The Morgan fingerprint density at radius 3 is 2.94 bits per heavy atom. The zero-order valence-corrected chi connectivity index (χ0v) is 19.7. The second kappa shape index (κ2) is 8.95. The number of nitrogens with zero attached hydrogens (tertiary/aromatic N) is 3. The number of anilines is 1. The van der Waals surface area contributed by atoms with Crippen LogP contribution in [-0.2, 0) is 24.3 Å². The molecule has 0 fully saturated rings. The number of pyridine rings is 1. The van der Waals surface area contributed by atoms with Crippen molar-refractivity contribution in [3.8, 4) is 0 Å². The van der Waals surface area contributed by atoms with Gasteiger partial charge in [-0.2, -0.15) is 0 Å². The van der Waals surface area contributed by atoms with Gasteiger partial charge in [0, 0.05) is 35.5 Å². The van der Waals surface area contributed by atoms with Gasteiger partial charge in [0.1, 0.15) is 6.04 Å². The Morgan fingerprint density at radius 1 is 1.26 bits per heavy atom. The zero-order chi connectivity index (χ0) is 23.8. The Morgan fingerprint density at radius 2 is 2.12 bits per heavy atom. The summed E-state index contributed by atoms with van der Waals surface area (Å²) in [5, 5.41) is 7.30. The first-order chi connectivity index (χ1) is 16.4. The highest BCUT2D eigenvalue weighted by Crippen LogP contribution is 2.29. The van der Waals surface area contributed by atoms with E-state index in [9.17, 15) is 9.59 Å². The van der Waals surface area contributed by atoms with E-state index in [0.717, 1.165) is 27.7 Å². The SMILES string of the molecule is Cc1cccc(CNc2nc(Cl)c3n(c2=O)[C@H](C(=O)NCc2cc4cnccc4[nH]2)CC3)c1C. The molecule has 0 radical (unpaired) electrons. The molecule has 3 N–H and O–H groups in total. The lowest BCUT2D eigenvalue weighted by Crippen LogP contribution is -2.36. The van der Waals surface area contributed by atoms with E-state index in [2.05, 4.69) is 25.6 Å². The van der Waals surface area contributed by atoms with E-state index in [0.29, 0.717) is 31.6 Å². The van der Waals surface area contributed by atoms with Crippen molar-refractivity contribution >= 4 is 34.2 Å². The van der Waals surface area contributed by atoms with Crippen molar-refractivity contribution in [1.29, 1.82) is 0 Å². The van der Waals surface area contributed by atoms with Crippen molar-refractivity contribution in [3.05, 3.63) is 86.3 Å². The van der Waals surface area contributed by atoms with Gasteiger partial charge in [-0.3, -0.25) is 19.1 Å². The summed E-state index contributed by atoms with van der Waals surface area (Å²) in [6.45, 7) is 4.86. The summed E-state index contributed by atoms with van der Waals surface area (Å²) >= 11 is 6.42. The first kappa shape index (κ1) is 22.2. The van der Waals surface area contributed by atoms with Crippen LogP contribution in [0.3, 0.4) is 0 Å². The Balaban J connectivity index is 1.34. The third-order valence-electron chi connectivity index (χ3n) is 6.52. The molecule has 34 heavy (non-hydrogen) atoms. The highest BCUT2D eigenvalue weighted by Gasteiger charge is 2.32. The topological polar surface area (TPSA) is 105 Å². The molecule has 0 saturated heterocycles. The molecule has 1 aliphatic heterocycles. The number of hydrogen-bond acceptors (Lipinski definition) is 5. The molecular formula is C25H25ClN6O2. The van der Waals surface area contributed by atoms with Gasteiger partial charge in [0.25, 0.3) is 5.56 Å². The summed E-state index contributed by atoms with van der Waals surface area (Å²) in [6, 6.07) is 9.25. The van der Waals surface area contributed by atoms with Crippen LogP contribution in [-0.4, -0.2) is 25.4 Å². The number of aryl methyl sites for hydroxylation is 1. The molecule has 1 amide bonds. The summed E-state index contributed by atoms with van der Waals surface area (Å²) in [4.78, 5) is 38.0. The minimum absolute atomic E-state index is 0.150. The maximum atomic E-state index is 13.3. The van der Waals surface area contributed by atoms with Crippen LogP contribution in [0.1, 0.15) is 40.5 Å². The van der Waals surface area contributed by atoms with Crippen LogP contribution in [0.25, 0.3) is 10.9 Å². The molecule has 3 aromatic heterocycles. The van der Waals surface area contributed by atoms with E-state index in [1.54, 1.807) is 12.4 Å². The van der Waals surface area contributed by atoms with Gasteiger partial charge in [0.2, 0.25) is 5.91 Å². The van der Waals surface area contributed by atoms with Crippen molar-refractivity contribution in [2.24, 2.45) is 0 Å². The van der Waals surface area contributed by atoms with Gasteiger partial charge in [-0.05, 0) is 55.5 Å². The predicted octanol–water partition coefficient (Wildman–Crippen LogP) is 3.81. The number of nitrogens with one attached hydrogen (secondary N) is 3. The number of carbonyl (C=O) groups is 1. The van der Waals surface area contributed by atoms with Gasteiger partial charge >= 0.3 is 0 Å². The zero-order valence-electron chi connectivity index (χ0n) is 19.0. The van der Waals surface area contributed by atoms with Crippen LogP contribution < -0.4 is 16.2 Å². The minimum Gasteiger partial charge on any atom is -0.361 e. The van der Waals surface area contributed by atoms with Crippen molar-refractivity contribution in [2.75, 3.05) is 5.32 Å². The number of fused-ring (bicyclic) bond motifs is 2. The first-order valence-corrected chi connectivity index (χ1v) is 11.6. The van der Waals surface area contributed by atoms with E-state index in [4.69, 9.17) is 11.6 Å². The maximum Gasteiger partial charge on any atom is 0.294 e. The average Bonchev–Trinajstić information content (AvgIpc) is 3.46. The van der Waals surface area contributed by atoms with Crippen LogP contribution in [0.4, 0.5) is 5.82 Å². The van der Waals surface area contributed by atoms with E-state index in [-0.39, 0.29) is 22.4 Å². The van der Waals surface area contributed by atoms with E-state index in [1.165, 1.54) is 10.1 Å². The molecule has 0 unspecified atom stereocenters. The van der Waals surface area contributed by atoms with Gasteiger partial charge in [-0.25, -0.2) is 4.98 Å². The van der Waals surface area contributed by atoms with Gasteiger partial charge in [-0.15, -0.1) is 0 Å². The van der Waals surface area contributed by atoms with Crippen LogP contribution in [0, 0.1) is 13.8 Å². The van der Waals surface area contributed by atoms with Crippen LogP contribution in [0.15, 0.2) is 47.5 Å². The molecule has 0 bridgehead atoms. The first-order valence-electron chi connectivity index (χ1n) is 11.2. The standard InChI is InChI=1S/C25H25ClN6O2/c1-14-4-3-5-16(15(14)2)12-28-23-25(34)32-20(22(26)31-23)6-7-21(32)24(33)29-13-18-10-17-11-27-9-8-19(17)30-18/h3-5,8-11,21,30H,6-7,12-13H2,1-2H3,(H,28,31)(H,29,33)/t21-/m0/s1. The molecule has 0 saturated carbocycles. The van der Waals surface area contributed by atoms with Gasteiger partial charge in [0.05, 0.1) is 12.2 Å². The lowest BCUT2D eigenvalue weighted by atomic mass is 10.0. The fourth-order valence-corrected chi connectivity index (χ4v) is 4.75. The molecule has 0 spiro atoms. The number of aromatic amines is 1. The molecule has 1 aliphatic rings. The summed E-state index contributed by atoms with van der Waals surface area (Å²) in [5.41, 5.74) is 5.50. The fraction of sp³-hybridized carbons (Fsp3) is 0.280. The number of H-pyrrole nitrogens is 1. The molecule has 1 aromatic carbocycles. The molecule has 0 aliphatic carbocycles. The smallest absolute Gasteiger partial charge is 0.294 e. The molecular weight excluding hydrogens is 452 g/mol. The number of benzene rings is 1. The quantitative estimate of drug-likeness (QED) is 0.392. The molecule has 1 atom stereocenters. The maximum absolute atomic E-state index is 13.3. The molecule has 4 heterocycles. The van der Waals surface area contributed by atoms with E-state index < -0.39 is 6.04 Å². The van der Waals surface area contributed by atoms with Crippen molar-refractivity contribution in [3.63, 3.8) is 0 Å². The second-order valence-electron chi connectivity index (χ2n) is 8.62. The largest absolute Gasteiger partial charge is 0.361 e. The average molecular weight is 477 g/mol. The number of hydrogen-bond donors (Lipinski definition) is 3. The van der Waals surface area contributed by atoms with Crippen molar-refractivity contribution in [1.82, 2.24) is 24.8 Å². The van der Waals surface area contributed by atoms with Gasteiger partial charge in [-0.1, -0.05) is 29.8 Å². The molecule has 8 nitrogen and oxygen atoms in total. The highest BCUT2D eigenvalue weighted by atomic mass is 35.5. The third kappa shape index (κ3) is 4.05. The molecule has 4 aromatic rings. The normalized spacial score (nSPS) is 14.9. The summed E-state index contributed by atoms with van der Waals surface area (Å²) < 4.78 is 1.49. The summed E-state index contributed by atoms with van der Waals surface area (Å²) in [7, 11) is 0.